The van der Waals surface area contributed by atoms with Gasteiger partial charge in [-0.2, -0.15) is 0 Å². The molecule has 0 radical (unpaired) electrons. The number of rotatable bonds is 14. The molecule has 166 valence electrons. The number of nitrogens with one attached hydrogen (secondary N) is 1. The fourth-order valence-electron chi connectivity index (χ4n) is 3.11. The zero-order valence-electron chi connectivity index (χ0n) is 17.9. The first kappa shape index (κ1) is 24.3. The van der Waals surface area contributed by atoms with Gasteiger partial charge in [0.15, 0.2) is 0 Å². The normalized spacial score (nSPS) is 15.5. The molecule has 0 bridgehead atoms. The second-order valence-electron chi connectivity index (χ2n) is 7.80. The maximum atomic E-state index is 10.5. The van der Waals surface area contributed by atoms with Crippen molar-refractivity contribution in [1.82, 2.24) is 5.32 Å². The van der Waals surface area contributed by atoms with Crippen molar-refractivity contribution in [2.45, 2.75) is 57.6 Å². The predicted octanol–water partition coefficient (Wildman–Crippen LogP) is 2.65. The molecule has 0 saturated heterocycles. The van der Waals surface area contributed by atoms with Crippen LogP contribution in [0.15, 0.2) is 54.6 Å². The average molecular weight is 418 g/mol. The van der Waals surface area contributed by atoms with Crippen LogP contribution in [0.1, 0.15) is 31.4 Å². The van der Waals surface area contributed by atoms with Gasteiger partial charge in [0, 0.05) is 6.04 Å². The molecule has 0 fully saturated rings. The third-order valence-electron chi connectivity index (χ3n) is 4.69. The predicted molar refractivity (Wildman–Crippen MR) is 117 cm³/mol. The van der Waals surface area contributed by atoms with E-state index in [2.05, 4.69) is 17.4 Å². The van der Waals surface area contributed by atoms with Gasteiger partial charge in [-0.05, 0) is 56.4 Å². The molecule has 0 aromatic heterocycles. The summed E-state index contributed by atoms with van der Waals surface area (Å²) < 4.78 is 11.3. The number of ether oxygens (including phenoxy) is 2. The summed E-state index contributed by atoms with van der Waals surface area (Å²) in [6, 6.07) is 17.0. The monoisotopic (exact) mass is 417 g/mol. The first-order chi connectivity index (χ1) is 14.4. The maximum absolute atomic E-state index is 10.5. The van der Waals surface area contributed by atoms with E-state index in [4.69, 9.17) is 9.47 Å². The molecule has 6 heteroatoms. The number of phenolic OH excluding ortho intramolecular Hbond substituents is 1. The summed E-state index contributed by atoms with van der Waals surface area (Å²) in [5.74, 6) is 0.228. The highest BCUT2D eigenvalue weighted by molar-refractivity contribution is 5.26. The third-order valence-corrected chi connectivity index (χ3v) is 4.69. The number of phenols is 1. The van der Waals surface area contributed by atoms with Crippen LogP contribution in [0.3, 0.4) is 0 Å². The second kappa shape index (κ2) is 13.4. The van der Waals surface area contributed by atoms with E-state index in [0.717, 1.165) is 12.0 Å². The van der Waals surface area contributed by atoms with Gasteiger partial charge in [-0.1, -0.05) is 42.5 Å². The number of aromatic hydroxyl groups is 1. The van der Waals surface area contributed by atoms with E-state index in [0.29, 0.717) is 26.1 Å². The molecule has 2 aromatic rings. The molecule has 4 N–H and O–H groups in total. The summed E-state index contributed by atoms with van der Waals surface area (Å²) in [4.78, 5) is 0. The highest BCUT2D eigenvalue weighted by Crippen LogP contribution is 2.12. The lowest BCUT2D eigenvalue weighted by Crippen LogP contribution is -2.43. The molecule has 0 aliphatic rings. The highest BCUT2D eigenvalue weighted by Gasteiger charge is 2.16. The molecule has 6 nitrogen and oxygen atoms in total. The van der Waals surface area contributed by atoms with E-state index in [1.807, 2.05) is 37.3 Å². The maximum Gasteiger partial charge on any atom is 0.115 e. The van der Waals surface area contributed by atoms with E-state index in [1.54, 1.807) is 19.1 Å². The fourth-order valence-corrected chi connectivity index (χ4v) is 3.11. The first-order valence-electron chi connectivity index (χ1n) is 10.6. The van der Waals surface area contributed by atoms with Gasteiger partial charge in [-0.3, -0.25) is 5.32 Å². The van der Waals surface area contributed by atoms with Gasteiger partial charge < -0.3 is 24.8 Å². The number of benzene rings is 2. The van der Waals surface area contributed by atoms with Crippen LogP contribution in [-0.4, -0.2) is 59.6 Å². The van der Waals surface area contributed by atoms with Crippen LogP contribution >= 0.6 is 0 Å². The molecular weight excluding hydrogens is 382 g/mol. The highest BCUT2D eigenvalue weighted by atomic mass is 16.5. The van der Waals surface area contributed by atoms with E-state index in [9.17, 15) is 15.3 Å². The molecule has 2 rings (SSSR count). The van der Waals surface area contributed by atoms with Crippen LogP contribution in [0, 0.1) is 0 Å². The Hall–Kier alpha value is -1.96. The smallest absolute Gasteiger partial charge is 0.115 e. The third kappa shape index (κ3) is 10.2. The van der Waals surface area contributed by atoms with Crippen LogP contribution in [0.2, 0.25) is 0 Å². The Bertz CT molecular complexity index is 693. The van der Waals surface area contributed by atoms with Crippen LogP contribution in [0.25, 0.3) is 0 Å². The molecule has 0 aliphatic heterocycles. The van der Waals surface area contributed by atoms with Crippen LogP contribution < -0.4 is 5.32 Å². The zero-order valence-corrected chi connectivity index (χ0v) is 17.9. The molecule has 0 amide bonds. The topological polar surface area (TPSA) is 91.2 Å². The summed E-state index contributed by atoms with van der Waals surface area (Å²) in [5.41, 5.74) is 2.23. The fraction of sp³-hybridized carbons (Fsp3) is 0.500. The number of hydrogen-bond acceptors (Lipinski definition) is 6. The van der Waals surface area contributed by atoms with Crippen molar-refractivity contribution in [2.24, 2.45) is 0 Å². The Balaban J connectivity index is 1.85. The number of aryl methyl sites for hydroxylation is 1. The lowest BCUT2D eigenvalue weighted by atomic mass is 10.0. The Morgan fingerprint density at radius 3 is 2.23 bits per heavy atom. The lowest BCUT2D eigenvalue weighted by Gasteiger charge is -2.24. The lowest BCUT2D eigenvalue weighted by molar-refractivity contribution is -0.0418. The van der Waals surface area contributed by atoms with Gasteiger partial charge in [-0.25, -0.2) is 0 Å². The van der Waals surface area contributed by atoms with E-state index >= 15 is 0 Å². The van der Waals surface area contributed by atoms with E-state index < -0.39 is 12.3 Å². The number of aliphatic hydroxyl groups is 2. The number of hydrogen-bond donors (Lipinski definition) is 4. The van der Waals surface area contributed by atoms with Gasteiger partial charge in [0.2, 0.25) is 0 Å². The minimum Gasteiger partial charge on any atom is -0.508 e. The van der Waals surface area contributed by atoms with E-state index in [1.165, 1.54) is 5.56 Å². The zero-order chi connectivity index (χ0) is 21.8. The second-order valence-corrected chi connectivity index (χ2v) is 7.80. The van der Waals surface area contributed by atoms with Gasteiger partial charge >= 0.3 is 0 Å². The van der Waals surface area contributed by atoms with Crippen molar-refractivity contribution < 1.29 is 24.8 Å². The molecule has 0 heterocycles. The Labute approximate surface area is 179 Å². The van der Waals surface area contributed by atoms with Crippen LogP contribution in [-0.2, 0) is 22.3 Å². The van der Waals surface area contributed by atoms with Gasteiger partial charge in [0.05, 0.1) is 32.0 Å². The van der Waals surface area contributed by atoms with Crippen molar-refractivity contribution in [3.8, 4) is 5.75 Å². The van der Waals surface area contributed by atoms with Crippen molar-refractivity contribution in [3.63, 3.8) is 0 Å². The minimum atomic E-state index is -0.653. The largest absolute Gasteiger partial charge is 0.508 e. The summed E-state index contributed by atoms with van der Waals surface area (Å²) in [6.07, 6.45) is 0.759. The van der Waals surface area contributed by atoms with Crippen molar-refractivity contribution in [2.75, 3.05) is 19.8 Å². The molecule has 4 atom stereocenters. The molecule has 0 spiro atoms. The number of aliphatic hydroxyl groups excluding tert-OH is 2. The van der Waals surface area contributed by atoms with Gasteiger partial charge in [0.1, 0.15) is 12.0 Å². The minimum absolute atomic E-state index is 0.0933. The first-order valence-corrected chi connectivity index (χ1v) is 10.6. The molecule has 1 unspecified atom stereocenters. The molecule has 0 aliphatic carbocycles. The quantitative estimate of drug-likeness (QED) is 0.353. The summed E-state index contributed by atoms with van der Waals surface area (Å²) in [7, 11) is 0. The SMILES string of the molecule is C[C@H](O)CO[C@H](C)COC[C@@H](Cc1ccc(O)cc1)NC(O)CCc1ccccc1. The molecular formula is C24H35NO5. The van der Waals surface area contributed by atoms with Crippen LogP contribution in [0.4, 0.5) is 0 Å². The van der Waals surface area contributed by atoms with Crippen molar-refractivity contribution in [3.05, 3.63) is 65.7 Å². The molecule has 0 saturated carbocycles. The summed E-state index contributed by atoms with van der Waals surface area (Å²) >= 11 is 0. The Morgan fingerprint density at radius 1 is 0.867 bits per heavy atom. The van der Waals surface area contributed by atoms with Gasteiger partial charge in [-0.15, -0.1) is 0 Å². The Morgan fingerprint density at radius 2 is 1.57 bits per heavy atom. The standard InChI is InChI=1S/C24H35NO5/c1-18(26)15-30-19(2)16-29-17-22(14-21-8-11-23(27)12-9-21)25-24(28)13-10-20-6-4-3-5-7-20/h3-9,11-12,18-19,22,24-28H,10,13-17H2,1-2H3/t18-,19+,22+,24?/m0/s1. The summed E-state index contributed by atoms with van der Waals surface area (Å²) in [6.45, 7) is 4.67. The summed E-state index contributed by atoms with van der Waals surface area (Å²) in [5, 5.41) is 32.6. The van der Waals surface area contributed by atoms with Crippen LogP contribution in [0.5, 0.6) is 5.75 Å². The average Bonchev–Trinajstić information content (AvgIpc) is 2.73. The van der Waals surface area contributed by atoms with Gasteiger partial charge in [0.25, 0.3) is 0 Å². The van der Waals surface area contributed by atoms with Crippen molar-refractivity contribution in [1.29, 1.82) is 0 Å². The Kier molecular flexibility index (Phi) is 10.8. The van der Waals surface area contributed by atoms with Crippen molar-refractivity contribution >= 4 is 0 Å². The molecule has 2 aromatic carbocycles. The van der Waals surface area contributed by atoms with E-state index in [-0.39, 0.29) is 24.5 Å². The molecule has 30 heavy (non-hydrogen) atoms.